The maximum absolute atomic E-state index is 12.3. The van der Waals surface area contributed by atoms with Gasteiger partial charge in [0.1, 0.15) is 5.75 Å². The van der Waals surface area contributed by atoms with E-state index in [-0.39, 0.29) is 17.4 Å². The van der Waals surface area contributed by atoms with E-state index in [9.17, 15) is 4.79 Å². The van der Waals surface area contributed by atoms with Crippen molar-refractivity contribution in [3.63, 3.8) is 0 Å². The van der Waals surface area contributed by atoms with Crippen LogP contribution in [0.4, 0.5) is 0 Å². The van der Waals surface area contributed by atoms with E-state index in [0.717, 1.165) is 20.7 Å². The number of rotatable bonds is 3. The molecule has 2 rings (SSSR count). The topological polar surface area (TPSA) is 38.3 Å². The first-order valence-corrected chi connectivity index (χ1v) is 7.51. The summed E-state index contributed by atoms with van der Waals surface area (Å²) in [6, 6.07) is 7.90. The van der Waals surface area contributed by atoms with Crippen LogP contribution in [0.25, 0.3) is 10.1 Å². The van der Waals surface area contributed by atoms with E-state index in [1.54, 1.807) is 7.11 Å². The predicted octanol–water partition coefficient (Wildman–Crippen LogP) is 4.07. The summed E-state index contributed by atoms with van der Waals surface area (Å²) in [5.41, 5.74) is 0.0512. The highest BCUT2D eigenvalue weighted by atomic mass is 32.1. The molecule has 0 fully saturated rings. The van der Waals surface area contributed by atoms with Crippen LogP contribution < -0.4 is 10.1 Å². The number of carbonyl (C=O) groups is 1. The highest BCUT2D eigenvalue weighted by molar-refractivity contribution is 7.20. The summed E-state index contributed by atoms with van der Waals surface area (Å²) in [7, 11) is 1.65. The molecule has 0 aliphatic rings. The lowest BCUT2D eigenvalue weighted by Gasteiger charge is -2.27. The van der Waals surface area contributed by atoms with Gasteiger partial charge in [0.25, 0.3) is 5.91 Å². The van der Waals surface area contributed by atoms with Crippen molar-refractivity contribution in [1.29, 1.82) is 0 Å². The van der Waals surface area contributed by atoms with Crippen LogP contribution in [-0.4, -0.2) is 19.1 Å². The van der Waals surface area contributed by atoms with E-state index in [1.807, 2.05) is 31.2 Å². The zero-order chi connectivity index (χ0) is 14.9. The Hall–Kier alpha value is -1.55. The van der Waals surface area contributed by atoms with E-state index in [4.69, 9.17) is 4.74 Å². The quantitative estimate of drug-likeness (QED) is 0.925. The molecule has 3 nitrogen and oxygen atoms in total. The maximum atomic E-state index is 12.3. The number of fused-ring (bicyclic) bond motifs is 1. The fraction of sp³-hybridized carbons (Fsp3) is 0.438. The Morgan fingerprint density at radius 3 is 2.60 bits per heavy atom. The summed E-state index contributed by atoms with van der Waals surface area (Å²) in [4.78, 5) is 13.0. The second-order valence-corrected chi connectivity index (χ2v) is 7.16. The van der Waals surface area contributed by atoms with Crippen LogP contribution in [0.1, 0.15) is 37.4 Å². The molecule has 0 radical (unpaired) electrons. The van der Waals surface area contributed by atoms with Gasteiger partial charge in [0, 0.05) is 10.7 Å². The summed E-state index contributed by atoms with van der Waals surface area (Å²) in [6.07, 6.45) is 0. The van der Waals surface area contributed by atoms with Gasteiger partial charge in [-0.3, -0.25) is 4.79 Å². The van der Waals surface area contributed by atoms with Crippen molar-refractivity contribution in [2.24, 2.45) is 5.41 Å². The van der Waals surface area contributed by atoms with Gasteiger partial charge in [-0.15, -0.1) is 11.3 Å². The van der Waals surface area contributed by atoms with E-state index < -0.39 is 0 Å². The third-order valence-electron chi connectivity index (χ3n) is 3.59. The Balaban J connectivity index is 2.22. The fourth-order valence-corrected chi connectivity index (χ4v) is 2.69. The van der Waals surface area contributed by atoms with Crippen molar-refractivity contribution in [2.75, 3.05) is 7.11 Å². The first kappa shape index (κ1) is 14.9. The lowest BCUT2D eigenvalue weighted by atomic mass is 9.88. The molecule has 0 aliphatic carbocycles. The second-order valence-electron chi connectivity index (χ2n) is 6.08. The molecule has 0 bridgehead atoms. The number of thiophene rings is 1. The van der Waals surface area contributed by atoms with Crippen molar-refractivity contribution in [3.8, 4) is 5.75 Å². The van der Waals surface area contributed by atoms with Gasteiger partial charge in [-0.1, -0.05) is 20.8 Å². The molecule has 1 amide bonds. The van der Waals surface area contributed by atoms with Crippen LogP contribution >= 0.6 is 11.3 Å². The monoisotopic (exact) mass is 291 g/mol. The number of hydrogen-bond donors (Lipinski definition) is 1. The summed E-state index contributed by atoms with van der Waals surface area (Å²) in [5, 5.41) is 4.11. The van der Waals surface area contributed by atoms with Crippen LogP contribution in [0.15, 0.2) is 24.3 Å². The van der Waals surface area contributed by atoms with Crippen LogP contribution in [0.5, 0.6) is 5.75 Å². The minimum Gasteiger partial charge on any atom is -0.497 e. The smallest absolute Gasteiger partial charge is 0.261 e. The fourth-order valence-electron chi connectivity index (χ4n) is 1.74. The summed E-state index contributed by atoms with van der Waals surface area (Å²) in [5.74, 6) is 0.804. The highest BCUT2D eigenvalue weighted by Gasteiger charge is 2.22. The molecule has 0 saturated heterocycles. The zero-order valence-electron chi connectivity index (χ0n) is 12.6. The lowest BCUT2D eigenvalue weighted by Crippen LogP contribution is -2.41. The Morgan fingerprint density at radius 2 is 2.00 bits per heavy atom. The second kappa shape index (κ2) is 5.44. The van der Waals surface area contributed by atoms with Gasteiger partial charge in [-0.25, -0.2) is 0 Å². The number of nitrogens with one attached hydrogen (secondary N) is 1. The molecule has 0 unspecified atom stereocenters. The van der Waals surface area contributed by atoms with Gasteiger partial charge in [-0.2, -0.15) is 0 Å². The molecule has 1 atom stereocenters. The molecule has 2 aromatic rings. The molecular weight excluding hydrogens is 270 g/mol. The molecule has 1 aromatic carbocycles. The van der Waals surface area contributed by atoms with Crippen LogP contribution in [0.2, 0.25) is 0 Å². The molecule has 1 N–H and O–H groups in total. The van der Waals surface area contributed by atoms with E-state index in [2.05, 4.69) is 26.1 Å². The zero-order valence-corrected chi connectivity index (χ0v) is 13.4. The molecule has 0 aliphatic heterocycles. The van der Waals surface area contributed by atoms with Gasteiger partial charge in [0.05, 0.1) is 12.0 Å². The average Bonchev–Trinajstić information content (AvgIpc) is 2.80. The van der Waals surface area contributed by atoms with Gasteiger partial charge in [0.2, 0.25) is 0 Å². The first-order valence-electron chi connectivity index (χ1n) is 6.69. The molecule has 4 heteroatoms. The minimum atomic E-state index is -0.00686. The van der Waals surface area contributed by atoms with Crippen molar-refractivity contribution >= 4 is 27.3 Å². The Labute approximate surface area is 123 Å². The third-order valence-corrected chi connectivity index (χ3v) is 4.71. The number of carbonyl (C=O) groups excluding carboxylic acids is 1. The molecule has 1 aromatic heterocycles. The number of benzene rings is 1. The maximum Gasteiger partial charge on any atom is 0.261 e. The Kier molecular flexibility index (Phi) is 4.04. The standard InChI is InChI=1S/C16H21NO2S/c1-10(16(2,3)4)17-15(18)14-9-11-8-12(19-5)6-7-13(11)20-14/h6-10H,1-5H3,(H,17,18)/t10-/m1/s1. The number of amides is 1. The molecule has 0 saturated carbocycles. The van der Waals surface area contributed by atoms with E-state index in [0.29, 0.717) is 0 Å². The normalized spacial score (nSPS) is 13.2. The number of ether oxygens (including phenoxy) is 1. The van der Waals surface area contributed by atoms with E-state index in [1.165, 1.54) is 11.3 Å². The SMILES string of the molecule is COc1ccc2sc(C(=O)N[C@H](C)C(C)(C)C)cc2c1. The first-order chi connectivity index (χ1) is 9.31. The van der Waals surface area contributed by atoms with Crippen LogP contribution in [0.3, 0.4) is 0 Å². The third kappa shape index (κ3) is 3.12. The Bertz CT molecular complexity index is 625. The van der Waals surface area contributed by atoms with Gasteiger partial charge < -0.3 is 10.1 Å². The summed E-state index contributed by atoms with van der Waals surface area (Å²) in [6.45, 7) is 8.39. The van der Waals surface area contributed by atoms with Crippen LogP contribution in [0, 0.1) is 5.41 Å². The van der Waals surface area contributed by atoms with Crippen molar-refractivity contribution in [3.05, 3.63) is 29.1 Å². The van der Waals surface area contributed by atoms with Gasteiger partial charge in [0.15, 0.2) is 0 Å². The minimum absolute atomic E-state index is 0.00686. The lowest BCUT2D eigenvalue weighted by molar-refractivity contribution is 0.0914. The number of hydrogen-bond acceptors (Lipinski definition) is 3. The highest BCUT2D eigenvalue weighted by Crippen LogP contribution is 2.29. The molecule has 0 spiro atoms. The molecule has 20 heavy (non-hydrogen) atoms. The molecular formula is C16H21NO2S. The Morgan fingerprint density at radius 1 is 1.30 bits per heavy atom. The van der Waals surface area contributed by atoms with E-state index >= 15 is 0 Å². The summed E-state index contributed by atoms with van der Waals surface area (Å²) >= 11 is 1.51. The van der Waals surface area contributed by atoms with Crippen molar-refractivity contribution < 1.29 is 9.53 Å². The van der Waals surface area contributed by atoms with Crippen molar-refractivity contribution in [1.82, 2.24) is 5.32 Å². The van der Waals surface area contributed by atoms with Crippen LogP contribution in [-0.2, 0) is 0 Å². The largest absolute Gasteiger partial charge is 0.497 e. The van der Waals surface area contributed by atoms with Crippen molar-refractivity contribution in [2.45, 2.75) is 33.7 Å². The molecule has 108 valence electrons. The summed E-state index contributed by atoms with van der Waals surface area (Å²) < 4.78 is 6.30. The number of methoxy groups -OCH3 is 1. The van der Waals surface area contributed by atoms with Gasteiger partial charge in [-0.05, 0) is 42.0 Å². The molecule has 1 heterocycles. The average molecular weight is 291 g/mol. The van der Waals surface area contributed by atoms with Gasteiger partial charge >= 0.3 is 0 Å². The predicted molar refractivity (Wildman–Crippen MR) is 84.8 cm³/mol.